The van der Waals surface area contributed by atoms with Crippen LogP contribution in [-0.2, 0) is 7.05 Å². The van der Waals surface area contributed by atoms with Gasteiger partial charge in [0.15, 0.2) is 0 Å². The molecule has 88 valence electrons. The van der Waals surface area contributed by atoms with Crippen molar-refractivity contribution in [3.05, 3.63) is 11.3 Å². The van der Waals surface area contributed by atoms with Crippen LogP contribution in [0.4, 0.5) is 5.82 Å². The van der Waals surface area contributed by atoms with Crippen LogP contribution in [0.25, 0.3) is 0 Å². The largest absolute Gasteiger partial charge is 0.369 e. The molecule has 4 nitrogen and oxygen atoms in total. The van der Waals surface area contributed by atoms with E-state index in [1.165, 1.54) is 0 Å². The lowest BCUT2D eigenvalue weighted by atomic mass is 10.2. The van der Waals surface area contributed by atoms with Crippen LogP contribution in [0.15, 0.2) is 0 Å². The van der Waals surface area contributed by atoms with Gasteiger partial charge in [-0.25, -0.2) is 0 Å². The van der Waals surface area contributed by atoms with Crippen molar-refractivity contribution in [2.24, 2.45) is 13.0 Å². The Balaban J connectivity index is 2.70. The van der Waals surface area contributed by atoms with Crippen LogP contribution >= 0.6 is 11.8 Å². The van der Waals surface area contributed by atoms with Gasteiger partial charge in [-0.15, -0.1) is 0 Å². The summed E-state index contributed by atoms with van der Waals surface area (Å²) in [6, 6.07) is 2.19. The molecule has 0 aliphatic heterocycles. The van der Waals surface area contributed by atoms with Crippen molar-refractivity contribution < 1.29 is 0 Å². The zero-order valence-corrected chi connectivity index (χ0v) is 11.1. The molecule has 1 rings (SSSR count). The number of thioether (sulfide) groups is 1. The molecule has 0 aliphatic carbocycles. The molecular weight excluding hydrogens is 220 g/mol. The molecule has 1 N–H and O–H groups in total. The van der Waals surface area contributed by atoms with Crippen LogP contribution in [0.3, 0.4) is 0 Å². The van der Waals surface area contributed by atoms with Crippen LogP contribution < -0.4 is 5.32 Å². The highest BCUT2D eigenvalue weighted by Gasteiger charge is 2.12. The van der Waals surface area contributed by atoms with E-state index in [2.05, 4.69) is 29.7 Å². The van der Waals surface area contributed by atoms with E-state index in [1.54, 1.807) is 4.68 Å². The third kappa shape index (κ3) is 2.92. The first kappa shape index (κ1) is 12.9. The van der Waals surface area contributed by atoms with Gasteiger partial charge >= 0.3 is 0 Å². The Morgan fingerprint density at radius 3 is 2.88 bits per heavy atom. The van der Waals surface area contributed by atoms with Crippen molar-refractivity contribution in [1.82, 2.24) is 9.78 Å². The van der Waals surface area contributed by atoms with Gasteiger partial charge in [0.2, 0.25) is 0 Å². The predicted octanol–water partition coefficient (Wildman–Crippen LogP) is 2.01. The normalized spacial score (nSPS) is 12.2. The summed E-state index contributed by atoms with van der Waals surface area (Å²) >= 11 is 1.84. The van der Waals surface area contributed by atoms with E-state index in [9.17, 15) is 0 Å². The molecule has 0 spiro atoms. The maximum Gasteiger partial charge on any atom is 0.142 e. The van der Waals surface area contributed by atoms with E-state index in [4.69, 9.17) is 5.26 Å². The number of nitrogens with one attached hydrogen (secondary N) is 1. The molecule has 1 aromatic heterocycles. The molecule has 0 saturated carbocycles. The average molecular weight is 238 g/mol. The molecule has 0 fully saturated rings. The third-order valence-electron chi connectivity index (χ3n) is 2.40. The highest BCUT2D eigenvalue weighted by molar-refractivity contribution is 7.98. The highest BCUT2D eigenvalue weighted by Crippen LogP contribution is 2.18. The second kappa shape index (κ2) is 5.80. The minimum atomic E-state index is 0.580. The number of rotatable bonds is 5. The lowest BCUT2D eigenvalue weighted by Gasteiger charge is -2.12. The Labute approximate surface area is 101 Å². The quantitative estimate of drug-likeness (QED) is 0.852. The van der Waals surface area contributed by atoms with Gasteiger partial charge in [-0.05, 0) is 24.9 Å². The van der Waals surface area contributed by atoms with E-state index in [-0.39, 0.29) is 0 Å². The van der Waals surface area contributed by atoms with Crippen LogP contribution in [-0.4, -0.2) is 28.3 Å². The zero-order valence-electron chi connectivity index (χ0n) is 10.2. The monoisotopic (exact) mass is 238 g/mol. The van der Waals surface area contributed by atoms with Crippen LogP contribution in [0, 0.1) is 24.2 Å². The summed E-state index contributed by atoms with van der Waals surface area (Å²) in [7, 11) is 1.86. The molecule has 0 aliphatic rings. The summed E-state index contributed by atoms with van der Waals surface area (Å²) < 4.78 is 1.74. The summed E-state index contributed by atoms with van der Waals surface area (Å²) in [5, 5.41) is 16.6. The van der Waals surface area contributed by atoms with Crippen LogP contribution in [0.1, 0.15) is 18.2 Å². The Bertz CT molecular complexity index is 391. The predicted molar refractivity (Wildman–Crippen MR) is 68.7 cm³/mol. The average Bonchev–Trinajstić information content (AvgIpc) is 2.50. The number of nitrogens with zero attached hydrogens (tertiary/aromatic N) is 3. The molecule has 1 atom stereocenters. The Hall–Kier alpha value is -1.15. The van der Waals surface area contributed by atoms with Crippen molar-refractivity contribution in [1.29, 1.82) is 5.26 Å². The summed E-state index contributed by atoms with van der Waals surface area (Å²) in [5.74, 6) is 2.52. The Kier molecular flexibility index (Phi) is 4.69. The SMILES string of the molecule is CSCC(C)CNc1c(C#N)c(C)nn1C. The highest BCUT2D eigenvalue weighted by atomic mass is 32.2. The molecule has 0 radical (unpaired) electrons. The Morgan fingerprint density at radius 2 is 2.31 bits per heavy atom. The van der Waals surface area contributed by atoms with Gasteiger partial charge in [0.05, 0.1) is 5.69 Å². The fraction of sp³-hybridized carbons (Fsp3) is 0.636. The van der Waals surface area contributed by atoms with Crippen molar-refractivity contribution in [3.63, 3.8) is 0 Å². The lowest BCUT2D eigenvalue weighted by molar-refractivity contribution is 0.685. The van der Waals surface area contributed by atoms with Gasteiger partial charge in [0.1, 0.15) is 17.5 Å². The number of nitriles is 1. The standard InChI is InChI=1S/C11H18N4S/c1-8(7-16-4)6-13-11-10(5-12)9(2)14-15(11)3/h8,13H,6-7H2,1-4H3. The van der Waals surface area contributed by atoms with Gasteiger partial charge in [-0.2, -0.15) is 22.1 Å². The molecule has 5 heteroatoms. The van der Waals surface area contributed by atoms with E-state index in [0.717, 1.165) is 23.8 Å². The number of anilines is 1. The van der Waals surface area contributed by atoms with Gasteiger partial charge in [0.25, 0.3) is 0 Å². The second-order valence-corrected chi connectivity index (χ2v) is 4.90. The minimum absolute atomic E-state index is 0.580. The lowest BCUT2D eigenvalue weighted by Crippen LogP contribution is -2.15. The van der Waals surface area contributed by atoms with E-state index in [1.807, 2.05) is 25.7 Å². The summed E-state index contributed by atoms with van der Waals surface area (Å²) in [6.07, 6.45) is 2.10. The third-order valence-corrected chi connectivity index (χ3v) is 3.31. The van der Waals surface area contributed by atoms with Crippen LogP contribution in [0.5, 0.6) is 0 Å². The number of aromatic nitrogens is 2. The van der Waals surface area contributed by atoms with Crippen molar-refractivity contribution in [2.75, 3.05) is 23.9 Å². The summed E-state index contributed by atoms with van der Waals surface area (Å²) in [6.45, 7) is 4.92. The fourth-order valence-electron chi connectivity index (χ4n) is 1.61. The molecule has 0 aromatic carbocycles. The zero-order chi connectivity index (χ0) is 12.1. The molecule has 1 aromatic rings. The van der Waals surface area contributed by atoms with Gasteiger partial charge in [-0.1, -0.05) is 6.92 Å². The maximum atomic E-state index is 9.03. The smallest absolute Gasteiger partial charge is 0.142 e. The van der Waals surface area contributed by atoms with Crippen molar-refractivity contribution in [3.8, 4) is 6.07 Å². The van der Waals surface area contributed by atoms with Gasteiger partial charge < -0.3 is 5.32 Å². The summed E-state index contributed by atoms with van der Waals surface area (Å²) in [4.78, 5) is 0. The van der Waals surface area contributed by atoms with Crippen LogP contribution in [0.2, 0.25) is 0 Å². The first-order chi connectivity index (χ1) is 7.60. The number of hydrogen-bond acceptors (Lipinski definition) is 4. The Morgan fingerprint density at radius 1 is 1.62 bits per heavy atom. The van der Waals surface area contributed by atoms with Crippen molar-refractivity contribution in [2.45, 2.75) is 13.8 Å². The van der Waals surface area contributed by atoms with E-state index >= 15 is 0 Å². The molecule has 1 heterocycles. The number of hydrogen-bond donors (Lipinski definition) is 1. The summed E-state index contributed by atoms with van der Waals surface area (Å²) in [5.41, 5.74) is 1.43. The van der Waals surface area contributed by atoms with E-state index < -0.39 is 0 Å². The fourth-order valence-corrected chi connectivity index (χ4v) is 2.30. The molecule has 0 saturated heterocycles. The van der Waals surface area contributed by atoms with E-state index in [0.29, 0.717) is 11.5 Å². The second-order valence-electron chi connectivity index (χ2n) is 3.99. The topological polar surface area (TPSA) is 53.6 Å². The first-order valence-electron chi connectivity index (χ1n) is 5.26. The molecule has 1 unspecified atom stereocenters. The molecule has 0 bridgehead atoms. The van der Waals surface area contributed by atoms with Gasteiger partial charge in [0, 0.05) is 13.6 Å². The first-order valence-corrected chi connectivity index (χ1v) is 6.66. The molecule has 0 amide bonds. The number of aryl methyl sites for hydroxylation is 2. The van der Waals surface area contributed by atoms with Gasteiger partial charge in [-0.3, -0.25) is 4.68 Å². The molecule has 16 heavy (non-hydrogen) atoms. The van der Waals surface area contributed by atoms with Crippen molar-refractivity contribution >= 4 is 17.6 Å². The molecular formula is C11H18N4S. The maximum absolute atomic E-state index is 9.03. The minimum Gasteiger partial charge on any atom is -0.369 e.